The Labute approximate surface area is 118 Å². The van der Waals surface area contributed by atoms with Gasteiger partial charge in [-0.1, -0.05) is 11.6 Å². The summed E-state index contributed by atoms with van der Waals surface area (Å²) < 4.78 is 42.2. The van der Waals surface area contributed by atoms with Gasteiger partial charge in [0.15, 0.2) is 0 Å². The maximum absolute atomic E-state index is 12.4. The first-order valence-electron chi connectivity index (χ1n) is 5.71. The molecule has 20 heavy (non-hydrogen) atoms. The van der Waals surface area contributed by atoms with Crippen LogP contribution in [0.1, 0.15) is 12.5 Å². The van der Waals surface area contributed by atoms with E-state index in [1.165, 1.54) is 0 Å². The number of alkyl halides is 3. The average Bonchev–Trinajstić information content (AvgIpc) is 2.35. The van der Waals surface area contributed by atoms with Crippen LogP contribution in [0.2, 0.25) is 5.02 Å². The number of amides is 2. The highest BCUT2D eigenvalue weighted by Gasteiger charge is 2.31. The van der Waals surface area contributed by atoms with Crippen molar-refractivity contribution in [3.63, 3.8) is 0 Å². The number of nitrogens with one attached hydrogen (secondary N) is 2. The Hall–Kier alpha value is -1.70. The van der Waals surface area contributed by atoms with Gasteiger partial charge in [0.1, 0.15) is 11.6 Å². The number of hydrogen-bond donors (Lipinski definition) is 2. The smallest absolute Gasteiger partial charge is 0.417 e. The van der Waals surface area contributed by atoms with E-state index in [0.29, 0.717) is 12.7 Å². The fourth-order valence-electron chi connectivity index (χ4n) is 1.22. The molecule has 9 heteroatoms. The molecule has 0 aliphatic heterocycles. The molecule has 2 amide bonds. The molecule has 0 aromatic carbocycles. The molecule has 0 spiro atoms. The Balaban J connectivity index is 2.47. The molecule has 0 radical (unpaired) electrons. The van der Waals surface area contributed by atoms with E-state index in [9.17, 15) is 18.0 Å². The molecule has 0 unspecified atom stereocenters. The Morgan fingerprint density at radius 1 is 1.45 bits per heavy atom. The summed E-state index contributed by atoms with van der Waals surface area (Å²) in [5.41, 5.74) is -0.949. The topological polar surface area (TPSA) is 63.2 Å². The third kappa shape index (κ3) is 5.12. The number of carbonyl (C=O) groups is 1. The van der Waals surface area contributed by atoms with Crippen LogP contribution in [0.25, 0.3) is 0 Å². The summed E-state index contributed by atoms with van der Waals surface area (Å²) in [7, 11) is 0. The average molecular weight is 312 g/mol. The third-order valence-electron chi connectivity index (χ3n) is 2.10. The lowest BCUT2D eigenvalue weighted by Crippen LogP contribution is -2.37. The minimum absolute atomic E-state index is 0.0369. The molecule has 0 aliphatic carbocycles. The van der Waals surface area contributed by atoms with Gasteiger partial charge in [-0.3, -0.25) is 0 Å². The van der Waals surface area contributed by atoms with Crippen LogP contribution in [0.3, 0.4) is 0 Å². The molecule has 1 rings (SSSR count). The quantitative estimate of drug-likeness (QED) is 0.821. The first-order valence-corrected chi connectivity index (χ1v) is 6.09. The van der Waals surface area contributed by atoms with Gasteiger partial charge in [0.05, 0.1) is 12.1 Å². The highest BCUT2D eigenvalue weighted by Crippen LogP contribution is 2.32. The van der Waals surface area contributed by atoms with Crippen molar-refractivity contribution in [3.8, 4) is 5.88 Å². The number of ether oxygens (including phenoxy) is 1. The molecule has 1 aromatic heterocycles. The standard InChI is InChI=1S/C11H13ClF3N3O2/c1-2-16-10(19)17-3-4-20-9-8(12)5-7(6-18-9)11(13,14)15/h5-6H,2-4H2,1H3,(H2,16,17,19). The van der Waals surface area contributed by atoms with Crippen molar-refractivity contribution in [2.75, 3.05) is 19.7 Å². The van der Waals surface area contributed by atoms with E-state index in [1.54, 1.807) is 6.92 Å². The lowest BCUT2D eigenvalue weighted by molar-refractivity contribution is -0.137. The van der Waals surface area contributed by atoms with Crippen LogP contribution in [-0.4, -0.2) is 30.7 Å². The summed E-state index contributed by atoms with van der Waals surface area (Å²) in [5.74, 6) is -0.114. The van der Waals surface area contributed by atoms with E-state index >= 15 is 0 Å². The van der Waals surface area contributed by atoms with E-state index < -0.39 is 11.7 Å². The number of urea groups is 1. The Morgan fingerprint density at radius 2 is 2.15 bits per heavy atom. The molecular weight excluding hydrogens is 299 g/mol. The molecule has 5 nitrogen and oxygen atoms in total. The molecule has 1 aromatic rings. The van der Waals surface area contributed by atoms with Crippen LogP contribution in [0.5, 0.6) is 5.88 Å². The number of halogens is 4. The van der Waals surface area contributed by atoms with Gasteiger partial charge < -0.3 is 15.4 Å². The molecule has 0 atom stereocenters. The van der Waals surface area contributed by atoms with Crippen molar-refractivity contribution in [3.05, 3.63) is 22.8 Å². The fourth-order valence-corrected chi connectivity index (χ4v) is 1.44. The number of carbonyl (C=O) groups excluding carboxylic acids is 1. The fraction of sp³-hybridized carbons (Fsp3) is 0.455. The van der Waals surface area contributed by atoms with E-state index in [2.05, 4.69) is 15.6 Å². The van der Waals surface area contributed by atoms with E-state index in [1.807, 2.05) is 0 Å². The van der Waals surface area contributed by atoms with Crippen LogP contribution in [-0.2, 0) is 6.18 Å². The highest BCUT2D eigenvalue weighted by molar-refractivity contribution is 6.31. The van der Waals surface area contributed by atoms with Crippen LogP contribution in [0.15, 0.2) is 12.3 Å². The van der Waals surface area contributed by atoms with E-state index in [4.69, 9.17) is 16.3 Å². The van der Waals surface area contributed by atoms with Crippen LogP contribution in [0, 0.1) is 0 Å². The number of pyridine rings is 1. The lowest BCUT2D eigenvalue weighted by atomic mass is 10.3. The van der Waals surface area contributed by atoms with Crippen LogP contribution < -0.4 is 15.4 Å². The molecule has 0 saturated carbocycles. The monoisotopic (exact) mass is 311 g/mol. The second kappa shape index (κ2) is 7.18. The number of aromatic nitrogens is 1. The summed E-state index contributed by atoms with van der Waals surface area (Å²) in [6, 6.07) is 0.378. The number of hydrogen-bond acceptors (Lipinski definition) is 3. The molecule has 0 fully saturated rings. The zero-order valence-corrected chi connectivity index (χ0v) is 11.3. The molecular formula is C11H13ClF3N3O2. The van der Waals surface area contributed by atoms with Crippen molar-refractivity contribution in [2.24, 2.45) is 0 Å². The third-order valence-corrected chi connectivity index (χ3v) is 2.37. The van der Waals surface area contributed by atoms with Gasteiger partial charge in [-0.2, -0.15) is 13.2 Å². The predicted octanol–water partition coefficient (Wildman–Crippen LogP) is 2.45. The first-order chi connectivity index (χ1) is 9.34. The van der Waals surface area contributed by atoms with Crippen molar-refractivity contribution in [2.45, 2.75) is 13.1 Å². The van der Waals surface area contributed by atoms with Gasteiger partial charge in [-0.15, -0.1) is 0 Å². The van der Waals surface area contributed by atoms with Crippen LogP contribution >= 0.6 is 11.6 Å². The first kappa shape index (κ1) is 16.4. The molecule has 2 N–H and O–H groups in total. The van der Waals surface area contributed by atoms with Crippen LogP contribution in [0.4, 0.5) is 18.0 Å². The molecule has 0 aliphatic rings. The second-order valence-corrected chi connectivity index (χ2v) is 4.05. The summed E-state index contributed by atoms with van der Waals surface area (Å²) >= 11 is 5.64. The second-order valence-electron chi connectivity index (χ2n) is 3.64. The van der Waals surface area contributed by atoms with E-state index in [-0.39, 0.29) is 30.1 Å². The van der Waals surface area contributed by atoms with E-state index in [0.717, 1.165) is 6.07 Å². The van der Waals surface area contributed by atoms with Crippen molar-refractivity contribution < 1.29 is 22.7 Å². The van der Waals surface area contributed by atoms with Gasteiger partial charge in [-0.25, -0.2) is 9.78 Å². The minimum atomic E-state index is -4.50. The van der Waals surface area contributed by atoms with Crippen molar-refractivity contribution in [1.29, 1.82) is 0 Å². The maximum Gasteiger partial charge on any atom is 0.417 e. The number of rotatable bonds is 5. The van der Waals surface area contributed by atoms with Crippen molar-refractivity contribution >= 4 is 17.6 Å². The molecule has 0 saturated heterocycles. The molecule has 112 valence electrons. The number of nitrogens with zero attached hydrogens (tertiary/aromatic N) is 1. The summed E-state index contributed by atoms with van der Waals surface area (Å²) in [6.07, 6.45) is -3.87. The Kier molecular flexibility index (Phi) is 5.87. The minimum Gasteiger partial charge on any atom is -0.475 e. The zero-order chi connectivity index (χ0) is 15.2. The Morgan fingerprint density at radius 3 is 2.70 bits per heavy atom. The van der Waals surface area contributed by atoms with Gasteiger partial charge in [0.25, 0.3) is 0 Å². The summed E-state index contributed by atoms with van der Waals surface area (Å²) in [5, 5.41) is 4.75. The van der Waals surface area contributed by atoms with Gasteiger partial charge >= 0.3 is 12.2 Å². The van der Waals surface area contributed by atoms with Gasteiger partial charge in [0.2, 0.25) is 5.88 Å². The lowest BCUT2D eigenvalue weighted by Gasteiger charge is -2.10. The zero-order valence-electron chi connectivity index (χ0n) is 10.6. The van der Waals surface area contributed by atoms with Crippen molar-refractivity contribution in [1.82, 2.24) is 15.6 Å². The SMILES string of the molecule is CCNC(=O)NCCOc1ncc(C(F)(F)F)cc1Cl. The highest BCUT2D eigenvalue weighted by atomic mass is 35.5. The maximum atomic E-state index is 12.4. The summed E-state index contributed by atoms with van der Waals surface area (Å²) in [6.45, 7) is 2.46. The normalized spacial score (nSPS) is 11.1. The van der Waals surface area contributed by atoms with Gasteiger partial charge in [-0.05, 0) is 13.0 Å². The predicted molar refractivity (Wildman–Crippen MR) is 66.8 cm³/mol. The largest absolute Gasteiger partial charge is 0.475 e. The van der Waals surface area contributed by atoms with Gasteiger partial charge in [0, 0.05) is 12.7 Å². The Bertz CT molecular complexity index is 469. The molecule has 0 bridgehead atoms. The molecule has 1 heterocycles. The summed E-state index contributed by atoms with van der Waals surface area (Å²) in [4.78, 5) is 14.5.